The van der Waals surface area contributed by atoms with Gasteiger partial charge in [-0.25, -0.2) is 0 Å². The maximum absolute atomic E-state index is 13.2. The van der Waals surface area contributed by atoms with Gasteiger partial charge >= 0.3 is 0 Å². The highest BCUT2D eigenvalue weighted by Crippen LogP contribution is 2.54. The average Bonchev–Trinajstić information content (AvgIpc) is 3.22. The molecule has 1 aliphatic heterocycles. The number of piperidine rings is 1. The Balaban J connectivity index is 1.47. The summed E-state index contributed by atoms with van der Waals surface area (Å²) in [5, 5.41) is 18.9. The molecular weight excluding hydrogens is 446 g/mol. The number of nitrogens with one attached hydrogen (secondary N) is 4. The summed E-state index contributed by atoms with van der Waals surface area (Å²) in [6.45, 7) is 4.92. The molecular formula is C26H33N5O4. The van der Waals surface area contributed by atoms with Crippen molar-refractivity contribution >= 4 is 28.6 Å². The normalized spacial score (nSPS) is 22.4. The zero-order chi connectivity index (χ0) is 25.2. The SMILES string of the molecule is COc1cccc2[nH]c(C(=O)NC(CC3CC3(C)C)C(=O)NC(C#N)C[C@@H]3CCCNC3=O)cc12. The number of nitrogens with zero attached hydrogens (tertiary/aromatic N) is 1. The van der Waals surface area contributed by atoms with Crippen LogP contribution in [0.3, 0.4) is 0 Å². The van der Waals surface area contributed by atoms with Gasteiger partial charge in [-0.05, 0) is 61.6 Å². The number of carbonyl (C=O) groups is 3. The Bertz CT molecular complexity index is 1160. The number of methoxy groups -OCH3 is 1. The van der Waals surface area contributed by atoms with E-state index in [2.05, 4.69) is 40.9 Å². The molecule has 186 valence electrons. The summed E-state index contributed by atoms with van der Waals surface area (Å²) >= 11 is 0. The van der Waals surface area contributed by atoms with Crippen LogP contribution in [0.25, 0.3) is 10.9 Å². The van der Waals surface area contributed by atoms with Crippen LogP contribution in [0.15, 0.2) is 24.3 Å². The van der Waals surface area contributed by atoms with Crippen LogP contribution in [0.2, 0.25) is 0 Å². The van der Waals surface area contributed by atoms with Crippen LogP contribution in [0.5, 0.6) is 5.75 Å². The summed E-state index contributed by atoms with van der Waals surface area (Å²) < 4.78 is 5.37. The van der Waals surface area contributed by atoms with Gasteiger partial charge in [-0.1, -0.05) is 19.9 Å². The van der Waals surface area contributed by atoms with E-state index in [0.29, 0.717) is 36.7 Å². The Labute approximate surface area is 205 Å². The Morgan fingerprint density at radius 1 is 1.29 bits per heavy atom. The molecule has 9 nitrogen and oxygen atoms in total. The monoisotopic (exact) mass is 479 g/mol. The van der Waals surface area contributed by atoms with Crippen LogP contribution in [-0.4, -0.2) is 48.4 Å². The number of ether oxygens (including phenoxy) is 1. The number of amides is 3. The Morgan fingerprint density at radius 2 is 2.06 bits per heavy atom. The fourth-order valence-corrected chi connectivity index (χ4v) is 4.92. The van der Waals surface area contributed by atoms with Crippen LogP contribution >= 0.6 is 0 Å². The average molecular weight is 480 g/mol. The molecule has 2 aliphatic rings. The predicted molar refractivity (Wildman–Crippen MR) is 131 cm³/mol. The fraction of sp³-hybridized carbons (Fsp3) is 0.538. The predicted octanol–water partition coefficient (Wildman–Crippen LogP) is 2.64. The smallest absolute Gasteiger partial charge is 0.268 e. The van der Waals surface area contributed by atoms with Gasteiger partial charge in [-0.2, -0.15) is 5.26 Å². The van der Waals surface area contributed by atoms with Gasteiger partial charge in [0.15, 0.2) is 0 Å². The number of H-pyrrole nitrogens is 1. The molecule has 0 bridgehead atoms. The fourth-order valence-electron chi connectivity index (χ4n) is 4.92. The first kappa shape index (κ1) is 24.6. The van der Waals surface area contributed by atoms with E-state index in [1.54, 1.807) is 13.2 Å². The third kappa shape index (κ3) is 5.59. The highest BCUT2D eigenvalue weighted by Gasteiger charge is 2.47. The lowest BCUT2D eigenvalue weighted by Gasteiger charge is -2.25. The molecule has 2 aromatic rings. The Kier molecular flexibility index (Phi) is 7.01. The largest absolute Gasteiger partial charge is 0.496 e. The first-order valence-corrected chi connectivity index (χ1v) is 12.2. The maximum Gasteiger partial charge on any atom is 0.268 e. The quantitative estimate of drug-likeness (QED) is 0.438. The maximum atomic E-state index is 13.2. The lowest BCUT2D eigenvalue weighted by Crippen LogP contribution is -2.50. The molecule has 4 atom stereocenters. The molecule has 0 radical (unpaired) electrons. The number of fused-ring (bicyclic) bond motifs is 1. The van der Waals surface area contributed by atoms with Gasteiger partial charge in [0.25, 0.3) is 5.91 Å². The zero-order valence-electron chi connectivity index (χ0n) is 20.4. The van der Waals surface area contributed by atoms with Crippen molar-refractivity contribution in [1.29, 1.82) is 5.26 Å². The molecule has 1 saturated carbocycles. The molecule has 3 unspecified atom stereocenters. The van der Waals surface area contributed by atoms with E-state index in [1.807, 2.05) is 18.2 Å². The molecule has 1 aromatic heterocycles. The molecule has 2 heterocycles. The van der Waals surface area contributed by atoms with Gasteiger partial charge in [-0.3, -0.25) is 14.4 Å². The molecule has 4 rings (SSSR count). The second-order valence-corrected chi connectivity index (χ2v) is 10.3. The summed E-state index contributed by atoms with van der Waals surface area (Å²) in [7, 11) is 1.57. The number of nitriles is 1. The highest BCUT2D eigenvalue weighted by molar-refractivity contribution is 6.01. The molecule has 4 N–H and O–H groups in total. The number of aromatic nitrogens is 1. The van der Waals surface area contributed by atoms with Crippen LogP contribution in [0.1, 0.15) is 56.4 Å². The first-order valence-electron chi connectivity index (χ1n) is 12.2. The van der Waals surface area contributed by atoms with Crippen molar-refractivity contribution in [1.82, 2.24) is 20.9 Å². The van der Waals surface area contributed by atoms with Crippen LogP contribution in [0.4, 0.5) is 0 Å². The van der Waals surface area contributed by atoms with E-state index in [1.165, 1.54) is 0 Å². The van der Waals surface area contributed by atoms with E-state index in [-0.39, 0.29) is 23.7 Å². The van der Waals surface area contributed by atoms with Crippen molar-refractivity contribution in [3.05, 3.63) is 30.0 Å². The number of hydrogen-bond acceptors (Lipinski definition) is 5. The molecule has 2 fully saturated rings. The molecule has 1 aliphatic carbocycles. The van der Waals surface area contributed by atoms with Gasteiger partial charge in [0.1, 0.15) is 23.5 Å². The van der Waals surface area contributed by atoms with Gasteiger partial charge in [-0.15, -0.1) is 0 Å². The van der Waals surface area contributed by atoms with Crippen molar-refractivity contribution in [2.45, 2.75) is 58.0 Å². The summed E-state index contributed by atoms with van der Waals surface area (Å²) in [6.07, 6.45) is 3.26. The van der Waals surface area contributed by atoms with Crippen molar-refractivity contribution in [2.75, 3.05) is 13.7 Å². The van der Waals surface area contributed by atoms with Crippen molar-refractivity contribution < 1.29 is 19.1 Å². The Hall–Kier alpha value is -3.54. The lowest BCUT2D eigenvalue weighted by atomic mass is 9.92. The van der Waals surface area contributed by atoms with Crippen LogP contribution < -0.4 is 20.7 Å². The van der Waals surface area contributed by atoms with Crippen molar-refractivity contribution in [3.63, 3.8) is 0 Å². The second-order valence-electron chi connectivity index (χ2n) is 10.3. The van der Waals surface area contributed by atoms with Crippen LogP contribution in [-0.2, 0) is 9.59 Å². The van der Waals surface area contributed by atoms with Crippen LogP contribution in [0, 0.1) is 28.6 Å². The summed E-state index contributed by atoms with van der Waals surface area (Å²) in [5.74, 6) is -0.240. The lowest BCUT2D eigenvalue weighted by molar-refractivity contribution is -0.128. The third-order valence-corrected chi connectivity index (χ3v) is 7.34. The highest BCUT2D eigenvalue weighted by atomic mass is 16.5. The van der Waals surface area contributed by atoms with E-state index >= 15 is 0 Å². The summed E-state index contributed by atoms with van der Waals surface area (Å²) in [5.41, 5.74) is 1.20. The molecule has 3 amide bonds. The minimum Gasteiger partial charge on any atom is -0.496 e. The minimum atomic E-state index is -0.805. The minimum absolute atomic E-state index is 0.0791. The summed E-state index contributed by atoms with van der Waals surface area (Å²) in [4.78, 5) is 41.6. The van der Waals surface area contributed by atoms with Gasteiger partial charge in [0.05, 0.1) is 13.2 Å². The van der Waals surface area contributed by atoms with E-state index in [4.69, 9.17) is 4.74 Å². The third-order valence-electron chi connectivity index (χ3n) is 7.34. The number of benzene rings is 1. The summed E-state index contributed by atoms with van der Waals surface area (Å²) in [6, 6.07) is 7.72. The molecule has 1 aromatic carbocycles. The van der Waals surface area contributed by atoms with Gasteiger partial charge in [0.2, 0.25) is 11.8 Å². The van der Waals surface area contributed by atoms with E-state index in [9.17, 15) is 19.6 Å². The van der Waals surface area contributed by atoms with E-state index < -0.39 is 23.9 Å². The van der Waals surface area contributed by atoms with Crippen molar-refractivity contribution in [3.8, 4) is 11.8 Å². The number of aromatic amines is 1. The number of carbonyl (C=O) groups excluding carboxylic acids is 3. The van der Waals surface area contributed by atoms with E-state index in [0.717, 1.165) is 23.7 Å². The molecule has 9 heteroatoms. The van der Waals surface area contributed by atoms with Crippen molar-refractivity contribution in [2.24, 2.45) is 17.3 Å². The number of rotatable bonds is 9. The molecule has 35 heavy (non-hydrogen) atoms. The Morgan fingerprint density at radius 3 is 2.71 bits per heavy atom. The number of hydrogen-bond donors (Lipinski definition) is 4. The second kappa shape index (κ2) is 9.98. The molecule has 0 spiro atoms. The van der Waals surface area contributed by atoms with Gasteiger partial charge < -0.3 is 25.7 Å². The van der Waals surface area contributed by atoms with Gasteiger partial charge in [0, 0.05) is 23.4 Å². The standard InChI is InChI=1S/C26H33N5O4/c1-26(2)13-16(26)11-20(24(33)29-17(14-27)10-15-6-5-9-28-23(15)32)31-25(34)21-12-18-19(30-21)7-4-8-22(18)35-3/h4,7-8,12,15-17,20,30H,5-6,9-11,13H2,1-3H3,(H,28,32)(H,29,33)(H,31,34)/t15-,16?,17?,20?/m0/s1. The topological polar surface area (TPSA) is 136 Å². The first-order chi connectivity index (χ1) is 16.7. The zero-order valence-corrected chi connectivity index (χ0v) is 20.4. The molecule has 1 saturated heterocycles.